The minimum atomic E-state index is -3.07. The molecule has 8 heteroatoms. The summed E-state index contributed by atoms with van der Waals surface area (Å²) in [5.74, 6) is -2.06. The van der Waals surface area contributed by atoms with E-state index in [1.54, 1.807) is 6.07 Å². The third kappa shape index (κ3) is 3.99. The van der Waals surface area contributed by atoms with Crippen molar-refractivity contribution >= 4 is 5.91 Å². The van der Waals surface area contributed by atoms with Crippen molar-refractivity contribution < 1.29 is 22.4 Å². The number of aromatic nitrogens is 2. The lowest BCUT2D eigenvalue weighted by Gasteiger charge is -2.24. The number of carbonyl (C=O) groups excluding carboxylic acids is 1. The summed E-state index contributed by atoms with van der Waals surface area (Å²) in [6.45, 7) is 2.09. The first-order valence-corrected chi connectivity index (χ1v) is 8.91. The summed E-state index contributed by atoms with van der Waals surface area (Å²) in [7, 11) is 1.17. The van der Waals surface area contributed by atoms with Crippen LogP contribution in [0.2, 0.25) is 0 Å². The van der Waals surface area contributed by atoms with E-state index < -0.39 is 35.4 Å². The summed E-state index contributed by atoms with van der Waals surface area (Å²) < 4.78 is 55.2. The maximum absolute atomic E-state index is 14.3. The van der Waals surface area contributed by atoms with E-state index in [1.807, 2.05) is 6.92 Å². The Hall–Kier alpha value is -2.38. The van der Waals surface area contributed by atoms with Gasteiger partial charge in [-0.2, -0.15) is 9.49 Å². The molecule has 146 valence electrons. The topological polar surface area (TPSA) is 38.1 Å². The molecule has 1 aromatic heterocycles. The van der Waals surface area contributed by atoms with E-state index in [-0.39, 0.29) is 13.1 Å². The van der Waals surface area contributed by atoms with Crippen LogP contribution in [0.4, 0.5) is 17.6 Å². The fourth-order valence-electron chi connectivity index (χ4n) is 3.26. The molecule has 27 heavy (non-hydrogen) atoms. The van der Waals surface area contributed by atoms with E-state index in [1.165, 1.54) is 24.1 Å². The number of alkyl halides is 2. The van der Waals surface area contributed by atoms with Gasteiger partial charge in [0.1, 0.15) is 17.1 Å². The van der Waals surface area contributed by atoms with Crippen LogP contribution in [0.1, 0.15) is 65.7 Å². The fourth-order valence-corrected chi connectivity index (χ4v) is 3.26. The lowest BCUT2D eigenvalue weighted by atomic mass is 10.0. The molecule has 0 aliphatic heterocycles. The van der Waals surface area contributed by atoms with Gasteiger partial charge in [0.2, 0.25) is 5.95 Å². The van der Waals surface area contributed by atoms with Gasteiger partial charge in [-0.3, -0.25) is 4.79 Å². The van der Waals surface area contributed by atoms with E-state index in [4.69, 9.17) is 0 Å². The fraction of sp³-hybridized carbons (Fsp3) is 0.474. The summed E-state index contributed by atoms with van der Waals surface area (Å²) in [5.41, 5.74) is -0.0127. The van der Waals surface area contributed by atoms with E-state index in [0.29, 0.717) is 22.6 Å². The van der Waals surface area contributed by atoms with E-state index in [0.717, 1.165) is 18.4 Å². The first kappa shape index (κ1) is 19.4. The van der Waals surface area contributed by atoms with Gasteiger partial charge in [-0.1, -0.05) is 13.0 Å². The second-order valence-corrected chi connectivity index (χ2v) is 6.82. The molecule has 1 amide bonds. The number of benzene rings is 1. The number of carbonyl (C=O) groups is 1. The number of hydrogen-bond donors (Lipinski definition) is 0. The highest BCUT2D eigenvalue weighted by Crippen LogP contribution is 2.42. The number of nitrogens with zero attached hydrogens (tertiary/aromatic N) is 3. The van der Waals surface area contributed by atoms with Crippen LogP contribution in [0, 0.1) is 11.8 Å². The number of amides is 1. The van der Waals surface area contributed by atoms with Gasteiger partial charge in [0.15, 0.2) is 0 Å². The van der Waals surface area contributed by atoms with Crippen molar-refractivity contribution in [3.8, 4) is 0 Å². The predicted molar refractivity (Wildman–Crippen MR) is 91.5 cm³/mol. The van der Waals surface area contributed by atoms with Gasteiger partial charge in [0, 0.05) is 20.1 Å². The standard InChI is InChI=1S/C19H21F4N3O/c1-3-8-26(10-12-9-13(20)6-7-14(12)11-4-5-11)19(27)15-16(17(21)22)24-25(2)18(15)23/h6-7,9,11,17H,3-5,8,10H2,1-2H3. The molecule has 1 aromatic carbocycles. The molecule has 0 atom stereocenters. The van der Waals surface area contributed by atoms with Gasteiger partial charge in [-0.25, -0.2) is 17.9 Å². The Morgan fingerprint density at radius 2 is 2.04 bits per heavy atom. The smallest absolute Gasteiger partial charge is 0.283 e. The van der Waals surface area contributed by atoms with Crippen molar-refractivity contribution in [2.24, 2.45) is 7.05 Å². The highest BCUT2D eigenvalue weighted by molar-refractivity contribution is 5.95. The van der Waals surface area contributed by atoms with Crippen molar-refractivity contribution in [3.63, 3.8) is 0 Å². The quantitative estimate of drug-likeness (QED) is 0.657. The van der Waals surface area contributed by atoms with Crippen LogP contribution in [0.25, 0.3) is 0 Å². The van der Waals surface area contributed by atoms with Gasteiger partial charge >= 0.3 is 0 Å². The first-order chi connectivity index (χ1) is 12.8. The van der Waals surface area contributed by atoms with E-state index in [9.17, 15) is 22.4 Å². The zero-order valence-electron chi connectivity index (χ0n) is 15.2. The van der Waals surface area contributed by atoms with Gasteiger partial charge in [0.25, 0.3) is 12.3 Å². The summed E-state index contributed by atoms with van der Waals surface area (Å²) in [6.07, 6.45) is -0.536. The second-order valence-electron chi connectivity index (χ2n) is 6.82. The highest BCUT2D eigenvalue weighted by Gasteiger charge is 2.32. The Balaban J connectivity index is 1.95. The molecule has 0 spiro atoms. The summed E-state index contributed by atoms with van der Waals surface area (Å²) in [6, 6.07) is 4.43. The number of halogens is 4. The summed E-state index contributed by atoms with van der Waals surface area (Å²) in [4.78, 5) is 14.2. The zero-order valence-corrected chi connectivity index (χ0v) is 15.2. The largest absolute Gasteiger partial charge is 0.334 e. The molecule has 0 bridgehead atoms. The third-order valence-electron chi connectivity index (χ3n) is 4.69. The Morgan fingerprint density at radius 3 is 2.63 bits per heavy atom. The Kier molecular flexibility index (Phi) is 5.53. The van der Waals surface area contributed by atoms with Crippen LogP contribution < -0.4 is 0 Å². The van der Waals surface area contributed by atoms with Gasteiger partial charge in [-0.05, 0) is 48.4 Å². The normalized spacial score (nSPS) is 14.0. The minimum absolute atomic E-state index is 0.0350. The predicted octanol–water partition coefficient (Wildman–Crippen LogP) is 4.57. The van der Waals surface area contributed by atoms with Crippen LogP contribution in [-0.2, 0) is 13.6 Å². The lowest BCUT2D eigenvalue weighted by molar-refractivity contribution is 0.0724. The Labute approximate surface area is 154 Å². The Bertz CT molecular complexity index is 846. The molecule has 1 aliphatic carbocycles. The SMILES string of the molecule is CCCN(Cc1cc(F)ccc1C1CC1)C(=O)c1c(C(F)F)nn(C)c1F. The number of aryl methyl sites for hydroxylation is 1. The number of hydrogen-bond acceptors (Lipinski definition) is 2. The molecule has 0 radical (unpaired) electrons. The Morgan fingerprint density at radius 1 is 1.33 bits per heavy atom. The zero-order chi connectivity index (χ0) is 19.7. The molecule has 0 N–H and O–H groups in total. The van der Waals surface area contributed by atoms with Crippen molar-refractivity contribution in [1.29, 1.82) is 0 Å². The number of rotatable bonds is 7. The lowest BCUT2D eigenvalue weighted by Crippen LogP contribution is -2.33. The third-order valence-corrected chi connectivity index (χ3v) is 4.69. The van der Waals surface area contributed by atoms with Crippen LogP contribution in [-0.4, -0.2) is 27.1 Å². The van der Waals surface area contributed by atoms with Crippen LogP contribution in [0.3, 0.4) is 0 Å². The van der Waals surface area contributed by atoms with Crippen molar-refractivity contribution in [1.82, 2.24) is 14.7 Å². The monoisotopic (exact) mass is 383 g/mol. The van der Waals surface area contributed by atoms with E-state index in [2.05, 4.69) is 5.10 Å². The molecule has 0 saturated heterocycles. The van der Waals surface area contributed by atoms with Crippen LogP contribution in [0.5, 0.6) is 0 Å². The van der Waals surface area contributed by atoms with Crippen LogP contribution in [0.15, 0.2) is 18.2 Å². The second kappa shape index (κ2) is 7.70. The molecule has 1 saturated carbocycles. The van der Waals surface area contributed by atoms with Gasteiger partial charge < -0.3 is 4.90 Å². The van der Waals surface area contributed by atoms with Gasteiger partial charge in [0.05, 0.1) is 0 Å². The average Bonchev–Trinajstić information content (AvgIpc) is 3.40. The van der Waals surface area contributed by atoms with Crippen molar-refractivity contribution in [2.45, 2.75) is 45.1 Å². The maximum Gasteiger partial charge on any atom is 0.283 e. The maximum atomic E-state index is 14.3. The highest BCUT2D eigenvalue weighted by atomic mass is 19.3. The average molecular weight is 383 g/mol. The molecule has 2 aromatic rings. The summed E-state index contributed by atoms with van der Waals surface area (Å²) in [5, 5.41) is 3.43. The molecule has 4 nitrogen and oxygen atoms in total. The molecule has 1 heterocycles. The van der Waals surface area contributed by atoms with Crippen molar-refractivity contribution in [3.05, 3.63) is 52.3 Å². The molecule has 0 unspecified atom stereocenters. The molecular formula is C19H21F4N3O. The minimum Gasteiger partial charge on any atom is -0.334 e. The summed E-state index contributed by atoms with van der Waals surface area (Å²) >= 11 is 0. The molecule has 1 fully saturated rings. The molecular weight excluding hydrogens is 362 g/mol. The van der Waals surface area contributed by atoms with E-state index >= 15 is 0 Å². The van der Waals surface area contributed by atoms with Crippen molar-refractivity contribution in [2.75, 3.05) is 6.54 Å². The van der Waals surface area contributed by atoms with Crippen LogP contribution >= 0.6 is 0 Å². The van der Waals surface area contributed by atoms with Gasteiger partial charge in [-0.15, -0.1) is 0 Å². The molecule has 3 rings (SSSR count). The molecule has 1 aliphatic rings. The first-order valence-electron chi connectivity index (χ1n) is 8.91.